The van der Waals surface area contributed by atoms with Crippen molar-refractivity contribution in [3.63, 3.8) is 0 Å². The Morgan fingerprint density at radius 2 is 1.61 bits per heavy atom. The topological polar surface area (TPSA) is 227 Å². The van der Waals surface area contributed by atoms with Crippen molar-refractivity contribution in [2.45, 2.75) is 56.3 Å². The van der Waals surface area contributed by atoms with E-state index in [0.717, 1.165) is 13.8 Å². The SMILES string of the molecule is CC(=O)C(=O)OC(C(=O)OOC(=O)C(C)O)C1(O)O[C@H](CO)[C@@H](O)[C@H](O)[C@H]1O. The van der Waals surface area contributed by atoms with Crippen molar-refractivity contribution in [2.24, 2.45) is 0 Å². The molecule has 1 aliphatic rings. The van der Waals surface area contributed by atoms with E-state index in [2.05, 4.69) is 14.5 Å². The number of aliphatic hydroxyl groups is 6. The number of carbonyl (C=O) groups excluding carboxylic acids is 4. The average Bonchev–Trinajstić information content (AvgIpc) is 2.64. The van der Waals surface area contributed by atoms with E-state index in [1.54, 1.807) is 0 Å². The smallest absolute Gasteiger partial charge is 0.401 e. The number of hydrogen-bond donors (Lipinski definition) is 6. The van der Waals surface area contributed by atoms with Gasteiger partial charge in [-0.05, 0) is 6.92 Å². The lowest BCUT2D eigenvalue weighted by Gasteiger charge is -2.46. The van der Waals surface area contributed by atoms with Crippen LogP contribution in [-0.4, -0.2) is 103 Å². The first-order valence-corrected chi connectivity index (χ1v) is 7.73. The molecular weight excluding hydrogens is 392 g/mol. The van der Waals surface area contributed by atoms with E-state index < -0.39 is 72.7 Å². The summed E-state index contributed by atoms with van der Waals surface area (Å²) in [6, 6.07) is 0. The van der Waals surface area contributed by atoms with Crippen LogP contribution in [0.3, 0.4) is 0 Å². The number of carbonyl (C=O) groups is 4. The number of hydrogen-bond acceptors (Lipinski definition) is 14. The monoisotopic (exact) mass is 412 g/mol. The van der Waals surface area contributed by atoms with Crippen LogP contribution in [0.4, 0.5) is 0 Å². The Morgan fingerprint density at radius 3 is 2.07 bits per heavy atom. The molecule has 0 spiro atoms. The standard InChI is InChI=1S/C14H20O14/c1-4(16)11(21)25-10(13(23)28-27-12(22)5(2)17)14(24)9(20)8(19)7(18)6(3-15)26-14/h5-10,15,17-20,24H,3H2,1-2H3/t5?,6-,7-,8+,9-,10?,14?/m1/s1. The first-order valence-electron chi connectivity index (χ1n) is 7.73. The number of Topliss-reactive ketones (excluding diaryl/α,β-unsaturated/α-hetero) is 1. The van der Waals surface area contributed by atoms with Crippen LogP contribution in [0.2, 0.25) is 0 Å². The van der Waals surface area contributed by atoms with Gasteiger partial charge in [-0.25, -0.2) is 24.2 Å². The lowest BCUT2D eigenvalue weighted by molar-refractivity contribution is -0.376. The van der Waals surface area contributed by atoms with Gasteiger partial charge in [0.1, 0.15) is 24.4 Å². The van der Waals surface area contributed by atoms with Crippen molar-refractivity contribution in [3.8, 4) is 0 Å². The minimum absolute atomic E-state index is 0.732. The van der Waals surface area contributed by atoms with E-state index in [0.29, 0.717) is 0 Å². The fourth-order valence-electron chi connectivity index (χ4n) is 2.08. The molecule has 1 heterocycles. The lowest BCUT2D eigenvalue weighted by Crippen LogP contribution is -2.71. The summed E-state index contributed by atoms with van der Waals surface area (Å²) in [6.45, 7) is 0.663. The van der Waals surface area contributed by atoms with E-state index in [-0.39, 0.29) is 0 Å². The Hall–Kier alpha value is -2.20. The number of aliphatic hydroxyl groups excluding tert-OH is 5. The summed E-state index contributed by atoms with van der Waals surface area (Å²) in [7, 11) is 0. The van der Waals surface area contributed by atoms with Crippen molar-refractivity contribution < 1.29 is 69.1 Å². The van der Waals surface area contributed by atoms with Gasteiger partial charge in [0.25, 0.3) is 6.10 Å². The Morgan fingerprint density at radius 1 is 1.07 bits per heavy atom. The fourth-order valence-corrected chi connectivity index (χ4v) is 2.08. The molecule has 1 rings (SSSR count). The van der Waals surface area contributed by atoms with E-state index >= 15 is 0 Å². The molecule has 1 saturated heterocycles. The van der Waals surface area contributed by atoms with Crippen LogP contribution >= 0.6 is 0 Å². The second-order valence-electron chi connectivity index (χ2n) is 5.84. The van der Waals surface area contributed by atoms with Crippen molar-refractivity contribution >= 4 is 23.7 Å². The van der Waals surface area contributed by atoms with Gasteiger partial charge in [-0.15, -0.1) is 0 Å². The molecule has 0 aliphatic carbocycles. The average molecular weight is 412 g/mol. The van der Waals surface area contributed by atoms with Crippen molar-refractivity contribution in [3.05, 3.63) is 0 Å². The molecule has 0 aromatic rings. The van der Waals surface area contributed by atoms with Gasteiger partial charge in [-0.1, -0.05) is 0 Å². The molecular formula is C14H20O14. The summed E-state index contributed by atoms with van der Waals surface area (Å²) in [4.78, 5) is 53.9. The third kappa shape index (κ3) is 4.99. The van der Waals surface area contributed by atoms with Crippen LogP contribution in [0.1, 0.15) is 13.8 Å². The highest BCUT2D eigenvalue weighted by molar-refractivity contribution is 6.32. The summed E-state index contributed by atoms with van der Waals surface area (Å²) in [5.41, 5.74) is 0. The van der Waals surface area contributed by atoms with Crippen LogP contribution in [0, 0.1) is 0 Å². The summed E-state index contributed by atoms with van der Waals surface area (Å²) >= 11 is 0. The second kappa shape index (κ2) is 9.33. The molecule has 3 unspecified atom stereocenters. The molecule has 6 N–H and O–H groups in total. The van der Waals surface area contributed by atoms with Crippen molar-refractivity contribution in [1.82, 2.24) is 0 Å². The zero-order chi connectivity index (χ0) is 21.8. The fraction of sp³-hybridized carbons (Fsp3) is 0.714. The summed E-state index contributed by atoms with van der Waals surface area (Å²) in [6.07, 6.45) is -12.9. The minimum atomic E-state index is -3.34. The molecule has 28 heavy (non-hydrogen) atoms. The van der Waals surface area contributed by atoms with Crippen molar-refractivity contribution in [2.75, 3.05) is 6.61 Å². The normalized spacial score (nSPS) is 32.0. The van der Waals surface area contributed by atoms with Gasteiger partial charge in [0.15, 0.2) is 6.10 Å². The predicted molar refractivity (Wildman–Crippen MR) is 79.4 cm³/mol. The zero-order valence-corrected chi connectivity index (χ0v) is 14.6. The van der Waals surface area contributed by atoms with Crippen LogP contribution in [-0.2, 0) is 38.4 Å². The quantitative estimate of drug-likeness (QED) is 0.104. The van der Waals surface area contributed by atoms with E-state index in [1.165, 1.54) is 0 Å². The Labute approximate surface area is 156 Å². The highest BCUT2D eigenvalue weighted by Crippen LogP contribution is 2.33. The van der Waals surface area contributed by atoms with Gasteiger partial charge in [-0.3, -0.25) is 4.79 Å². The number of ether oxygens (including phenoxy) is 2. The highest BCUT2D eigenvalue weighted by Gasteiger charge is 2.61. The van der Waals surface area contributed by atoms with Crippen LogP contribution < -0.4 is 0 Å². The number of rotatable bonds is 6. The lowest BCUT2D eigenvalue weighted by atomic mass is 9.89. The van der Waals surface area contributed by atoms with E-state index in [1.807, 2.05) is 0 Å². The van der Waals surface area contributed by atoms with Gasteiger partial charge in [0.05, 0.1) is 6.61 Å². The summed E-state index contributed by atoms with van der Waals surface area (Å²) < 4.78 is 9.23. The molecule has 0 radical (unpaired) electrons. The van der Waals surface area contributed by atoms with E-state index in [9.17, 15) is 39.6 Å². The minimum Gasteiger partial charge on any atom is -0.438 e. The van der Waals surface area contributed by atoms with Crippen molar-refractivity contribution in [1.29, 1.82) is 0 Å². The van der Waals surface area contributed by atoms with Gasteiger partial charge >= 0.3 is 17.9 Å². The Bertz CT molecular complexity index is 615. The highest BCUT2D eigenvalue weighted by atomic mass is 17.2. The maximum Gasteiger partial charge on any atom is 0.401 e. The third-order valence-electron chi connectivity index (χ3n) is 3.65. The van der Waals surface area contributed by atoms with Gasteiger partial charge in [0, 0.05) is 6.92 Å². The third-order valence-corrected chi connectivity index (χ3v) is 3.65. The molecule has 7 atom stereocenters. The maximum atomic E-state index is 12.1. The Kier molecular flexibility index (Phi) is 7.94. The number of esters is 1. The number of ketones is 1. The van der Waals surface area contributed by atoms with Crippen LogP contribution in [0.15, 0.2) is 0 Å². The van der Waals surface area contributed by atoms with Gasteiger partial charge < -0.3 is 40.1 Å². The van der Waals surface area contributed by atoms with Gasteiger partial charge in [0.2, 0.25) is 11.6 Å². The van der Waals surface area contributed by atoms with E-state index in [4.69, 9.17) is 14.9 Å². The summed E-state index contributed by atoms with van der Waals surface area (Å²) in [5.74, 6) is -9.68. The molecule has 0 amide bonds. The molecule has 0 aromatic heterocycles. The summed E-state index contributed by atoms with van der Waals surface area (Å²) in [5, 5.41) is 58.2. The molecule has 1 aliphatic heterocycles. The molecule has 0 aromatic carbocycles. The first kappa shape index (κ1) is 23.8. The molecule has 14 nitrogen and oxygen atoms in total. The predicted octanol–water partition coefficient (Wildman–Crippen LogP) is -4.97. The molecule has 1 fully saturated rings. The molecule has 160 valence electrons. The first-order chi connectivity index (χ1) is 12.9. The molecule has 14 heteroatoms. The van der Waals surface area contributed by atoms with Gasteiger partial charge in [-0.2, -0.15) is 0 Å². The largest absolute Gasteiger partial charge is 0.438 e. The maximum absolute atomic E-state index is 12.1. The second-order valence-corrected chi connectivity index (χ2v) is 5.84. The zero-order valence-electron chi connectivity index (χ0n) is 14.6. The molecule has 0 saturated carbocycles. The Balaban J connectivity index is 3.21. The van der Waals surface area contributed by atoms with Crippen LogP contribution in [0.25, 0.3) is 0 Å². The van der Waals surface area contributed by atoms with Crippen LogP contribution in [0.5, 0.6) is 0 Å². The molecule has 0 bridgehead atoms.